The highest BCUT2D eigenvalue weighted by atomic mass is 19.1. The van der Waals surface area contributed by atoms with Crippen LogP contribution in [-0.4, -0.2) is 0 Å². The summed E-state index contributed by atoms with van der Waals surface area (Å²) >= 11 is 0. The molecule has 2 atom stereocenters. The van der Waals surface area contributed by atoms with E-state index in [-0.39, 0.29) is 16.8 Å². The Labute approximate surface area is 304 Å². The molecule has 2 aliphatic heterocycles. The number of hydrogen-bond acceptors (Lipinski definition) is 0. The van der Waals surface area contributed by atoms with Crippen LogP contribution in [0.15, 0.2) is 72.6 Å². The monoisotopic (exact) mass is 678 g/mol. The van der Waals surface area contributed by atoms with E-state index in [0.717, 1.165) is 56.9 Å². The summed E-state index contributed by atoms with van der Waals surface area (Å²) in [5, 5.41) is 5.50. The molecule has 2 aromatic heterocycles. The van der Waals surface area contributed by atoms with Gasteiger partial charge in [-0.2, -0.15) is 9.13 Å². The van der Waals surface area contributed by atoms with Crippen LogP contribution < -0.4 is 9.13 Å². The Kier molecular flexibility index (Phi) is 7.17. The molecule has 5 aromatic rings. The van der Waals surface area contributed by atoms with Gasteiger partial charge in [0.15, 0.2) is 12.4 Å². The van der Waals surface area contributed by atoms with Gasteiger partial charge in [0, 0.05) is 58.9 Å². The minimum atomic E-state index is -0.454. The first-order valence-corrected chi connectivity index (χ1v) is 20.1. The lowest BCUT2D eigenvalue weighted by Crippen LogP contribution is -2.77. The van der Waals surface area contributed by atoms with Crippen molar-refractivity contribution in [2.24, 2.45) is 0 Å². The van der Waals surface area contributed by atoms with Crippen LogP contribution in [0.3, 0.4) is 0 Å². The Hall–Kier alpha value is -3.85. The van der Waals surface area contributed by atoms with Crippen molar-refractivity contribution in [3.63, 3.8) is 0 Å². The summed E-state index contributed by atoms with van der Waals surface area (Å²) in [6.45, 7) is 19.0. The van der Waals surface area contributed by atoms with E-state index >= 15 is 4.39 Å². The predicted octanol–water partition coefficient (Wildman–Crippen LogP) is 11.7. The molecule has 0 saturated heterocycles. The lowest BCUT2D eigenvalue weighted by Gasteiger charge is -2.43. The summed E-state index contributed by atoms with van der Waals surface area (Å²) in [5.74, 6) is -0.0752. The van der Waals surface area contributed by atoms with Gasteiger partial charge >= 0.3 is 0 Å². The second kappa shape index (κ2) is 11.1. The predicted molar refractivity (Wildman–Crippen MR) is 209 cm³/mol. The zero-order valence-corrected chi connectivity index (χ0v) is 32.2. The molecular formula is C48H55FN2+2. The number of aromatic nitrogens is 2. The van der Waals surface area contributed by atoms with Gasteiger partial charge in [-0.15, -0.1) is 0 Å². The summed E-state index contributed by atoms with van der Waals surface area (Å²) in [4.78, 5) is 0. The van der Waals surface area contributed by atoms with Crippen molar-refractivity contribution in [1.82, 2.24) is 0 Å². The normalized spacial score (nSPS) is 23.8. The molecule has 3 heteroatoms. The van der Waals surface area contributed by atoms with Gasteiger partial charge in [0.25, 0.3) is 5.54 Å². The highest BCUT2D eigenvalue weighted by Crippen LogP contribution is 2.59. The molecule has 4 aliphatic rings. The summed E-state index contributed by atoms with van der Waals surface area (Å²) < 4.78 is 22.1. The van der Waals surface area contributed by atoms with Gasteiger partial charge in [0.2, 0.25) is 16.9 Å². The minimum Gasteiger partial charge on any atom is -0.207 e. The van der Waals surface area contributed by atoms with Crippen molar-refractivity contribution < 1.29 is 13.5 Å². The molecule has 262 valence electrons. The zero-order chi connectivity index (χ0) is 35.7. The fourth-order valence-corrected chi connectivity index (χ4v) is 12.4. The highest BCUT2D eigenvalue weighted by molar-refractivity contribution is 6.02. The van der Waals surface area contributed by atoms with E-state index in [9.17, 15) is 0 Å². The number of rotatable bonds is 6. The number of hydrogen-bond donors (Lipinski definition) is 0. The van der Waals surface area contributed by atoms with E-state index < -0.39 is 11.0 Å². The van der Waals surface area contributed by atoms with Crippen LogP contribution in [0.2, 0.25) is 0 Å². The second-order valence-corrected chi connectivity index (χ2v) is 17.2. The van der Waals surface area contributed by atoms with Crippen LogP contribution in [0, 0.1) is 5.82 Å². The molecule has 2 unspecified atom stereocenters. The van der Waals surface area contributed by atoms with E-state index in [1.165, 1.54) is 79.2 Å². The Bertz CT molecular complexity index is 2340. The number of pyridine rings is 2. The third kappa shape index (κ3) is 3.84. The smallest absolute Gasteiger partial charge is 0.207 e. The van der Waals surface area contributed by atoms with Gasteiger partial charge in [0.05, 0.1) is 16.3 Å². The fourth-order valence-electron chi connectivity index (χ4n) is 12.4. The van der Waals surface area contributed by atoms with Crippen molar-refractivity contribution in [3.05, 3.63) is 112 Å². The van der Waals surface area contributed by atoms with Crippen molar-refractivity contribution in [3.8, 4) is 11.3 Å². The molecule has 0 saturated carbocycles. The van der Waals surface area contributed by atoms with Crippen LogP contribution in [0.4, 0.5) is 4.39 Å². The van der Waals surface area contributed by atoms with E-state index in [1.54, 1.807) is 5.57 Å². The van der Waals surface area contributed by atoms with Gasteiger partial charge in [-0.3, -0.25) is 0 Å². The molecule has 2 nitrogen and oxygen atoms in total. The maximum absolute atomic E-state index is 16.6. The molecule has 3 aromatic carbocycles. The first kappa shape index (κ1) is 33.0. The Morgan fingerprint density at radius 3 is 2.22 bits per heavy atom. The molecule has 9 rings (SSSR count). The molecule has 0 amide bonds. The van der Waals surface area contributed by atoms with Crippen LogP contribution in [0.25, 0.3) is 38.4 Å². The summed E-state index contributed by atoms with van der Waals surface area (Å²) in [7, 11) is 0. The average Bonchev–Trinajstić information content (AvgIpc) is 3.38. The van der Waals surface area contributed by atoms with Crippen LogP contribution in [0.1, 0.15) is 147 Å². The van der Waals surface area contributed by atoms with Crippen molar-refractivity contribution in [1.29, 1.82) is 0 Å². The zero-order valence-electron chi connectivity index (χ0n) is 32.2. The van der Waals surface area contributed by atoms with E-state index in [2.05, 4.69) is 125 Å². The number of allylic oxidation sites excluding steroid dienone is 2. The minimum absolute atomic E-state index is 0.0351. The number of halogens is 1. The lowest BCUT2D eigenvalue weighted by molar-refractivity contribution is -0.866. The van der Waals surface area contributed by atoms with E-state index in [1.807, 2.05) is 6.07 Å². The number of benzene rings is 3. The molecule has 4 bridgehead atoms. The third-order valence-electron chi connectivity index (χ3n) is 14.5. The van der Waals surface area contributed by atoms with Gasteiger partial charge in [-0.25, -0.2) is 4.39 Å². The molecule has 0 fully saturated rings. The standard InChI is InChI=1S/C48H55FN2/c1-9-26-48(37-22-23-38(49)42-41(37)44-39-31(24-28-51(44)48)18-16-19-35(39)46(42,7)8)47(12-4)27-15-13-14-17-30-20-21-36-40-33(30)25-29-50(47)43(40)32(10-2)34(11-3)45(36,5)6/h16,18-25,28-29H,9-15,17,26-27H2,1-8H3/q+2. The summed E-state index contributed by atoms with van der Waals surface area (Å²) in [6.07, 6.45) is 15.7. The Balaban J connectivity index is 1.51. The van der Waals surface area contributed by atoms with Gasteiger partial charge in [-0.1, -0.05) is 97.7 Å². The first-order valence-electron chi connectivity index (χ1n) is 20.1. The summed E-state index contributed by atoms with van der Waals surface area (Å²) in [5.41, 5.74) is 12.2. The highest BCUT2D eigenvalue weighted by Gasteiger charge is 2.71. The average molecular weight is 679 g/mol. The Morgan fingerprint density at radius 2 is 1.47 bits per heavy atom. The van der Waals surface area contributed by atoms with Gasteiger partial charge < -0.3 is 0 Å². The molecule has 4 heterocycles. The van der Waals surface area contributed by atoms with E-state index in [4.69, 9.17) is 0 Å². The van der Waals surface area contributed by atoms with Crippen molar-refractivity contribution in [2.45, 2.75) is 142 Å². The van der Waals surface area contributed by atoms with Gasteiger partial charge in [0.1, 0.15) is 5.82 Å². The van der Waals surface area contributed by atoms with Crippen LogP contribution >= 0.6 is 0 Å². The molecular weight excluding hydrogens is 624 g/mol. The maximum atomic E-state index is 16.6. The number of aryl methyl sites for hydroxylation is 1. The number of nitrogens with zero attached hydrogens (tertiary/aromatic N) is 2. The maximum Gasteiger partial charge on any atom is 0.258 e. The molecule has 2 aliphatic carbocycles. The molecule has 0 N–H and O–H groups in total. The second-order valence-electron chi connectivity index (χ2n) is 17.2. The van der Waals surface area contributed by atoms with Crippen LogP contribution in [-0.2, 0) is 28.3 Å². The van der Waals surface area contributed by atoms with Crippen LogP contribution in [0.5, 0.6) is 0 Å². The summed E-state index contributed by atoms with van der Waals surface area (Å²) in [6, 6.07) is 20.5. The molecule has 0 spiro atoms. The lowest BCUT2D eigenvalue weighted by atomic mass is 9.62. The first-order chi connectivity index (χ1) is 24.5. The molecule has 51 heavy (non-hydrogen) atoms. The van der Waals surface area contributed by atoms with Gasteiger partial charge in [-0.05, 0) is 78.1 Å². The largest absolute Gasteiger partial charge is 0.258 e. The SMILES string of the molecule is CCCC1(C2(CC)CCCCCc3ccc4c5c([n+]2ccc35)C(CC)=C(CC)C4(C)C)c2ccc(F)c3c2-c2c4c(cccc4cc[n+]21)C3(C)C. The third-order valence-corrected chi connectivity index (χ3v) is 14.5. The van der Waals surface area contributed by atoms with Crippen molar-refractivity contribution in [2.75, 3.05) is 0 Å². The van der Waals surface area contributed by atoms with E-state index in [0.29, 0.717) is 0 Å². The fraction of sp³-hybridized carbons (Fsp3) is 0.458. The quantitative estimate of drug-likeness (QED) is 0.158. The Morgan fingerprint density at radius 1 is 0.706 bits per heavy atom. The topological polar surface area (TPSA) is 7.76 Å². The van der Waals surface area contributed by atoms with Crippen molar-refractivity contribution >= 4 is 27.1 Å². The molecule has 0 radical (unpaired) electrons.